The van der Waals surface area contributed by atoms with Crippen LogP contribution in [0.25, 0.3) is 0 Å². The number of hydrogen-bond donors (Lipinski definition) is 0. The molecule has 1 fully saturated rings. The van der Waals surface area contributed by atoms with Gasteiger partial charge in [0.25, 0.3) is 0 Å². The summed E-state index contributed by atoms with van der Waals surface area (Å²) in [6, 6.07) is 5.09. The van der Waals surface area contributed by atoms with Crippen molar-refractivity contribution in [3.05, 3.63) is 35.1 Å². The molecule has 0 radical (unpaired) electrons. The molecule has 0 saturated carbocycles. The maximum Gasteiger partial charge on any atom is 0.237 e. The Morgan fingerprint density at radius 1 is 1.16 bits per heavy atom. The fraction of sp³-hybridized carbons (Fsp3) is 0.650. The molecule has 2 heterocycles. The lowest BCUT2D eigenvalue weighted by atomic mass is 9.90. The van der Waals surface area contributed by atoms with E-state index in [1.807, 2.05) is 11.0 Å². The fourth-order valence-electron chi connectivity index (χ4n) is 4.04. The van der Waals surface area contributed by atoms with E-state index in [4.69, 9.17) is 0 Å². The van der Waals surface area contributed by atoms with E-state index in [-0.39, 0.29) is 30.2 Å². The summed E-state index contributed by atoms with van der Waals surface area (Å²) < 4.78 is 13.7. The number of fused-ring (bicyclic) bond motifs is 3. The molecule has 0 aromatic heterocycles. The second kappa shape index (κ2) is 9.54. The van der Waals surface area contributed by atoms with Crippen molar-refractivity contribution in [2.75, 3.05) is 26.2 Å². The molecule has 2 aliphatic heterocycles. The van der Waals surface area contributed by atoms with Gasteiger partial charge in [-0.3, -0.25) is 9.69 Å². The summed E-state index contributed by atoms with van der Waals surface area (Å²) in [6.45, 7) is 5.35. The number of benzene rings is 1. The minimum atomic E-state index is -0.198. The third kappa shape index (κ3) is 4.95. The summed E-state index contributed by atoms with van der Waals surface area (Å²) in [4.78, 5) is 16.7. The van der Waals surface area contributed by atoms with E-state index in [2.05, 4.69) is 11.8 Å². The molecule has 25 heavy (non-hydrogen) atoms. The average Bonchev–Trinajstić information content (AvgIpc) is 2.58. The van der Waals surface area contributed by atoms with Crippen LogP contribution in [-0.2, 0) is 11.2 Å². The van der Waals surface area contributed by atoms with Gasteiger partial charge in [0.05, 0.1) is 12.6 Å². The van der Waals surface area contributed by atoms with E-state index in [9.17, 15) is 9.18 Å². The van der Waals surface area contributed by atoms with Crippen LogP contribution in [0.1, 0.15) is 62.6 Å². The van der Waals surface area contributed by atoms with Gasteiger partial charge in [0.15, 0.2) is 0 Å². The second-order valence-electron chi connectivity index (χ2n) is 7.20. The number of nitrogens with zero attached hydrogens (tertiary/aromatic N) is 2. The highest BCUT2D eigenvalue weighted by Crippen LogP contribution is 2.33. The third-order valence-electron chi connectivity index (χ3n) is 5.40. The predicted molar refractivity (Wildman–Crippen MR) is 102 cm³/mol. The normalized spacial score (nSPS) is 20.0. The van der Waals surface area contributed by atoms with Crippen molar-refractivity contribution >= 4 is 18.3 Å². The molecule has 1 unspecified atom stereocenters. The van der Waals surface area contributed by atoms with E-state index in [0.717, 1.165) is 38.0 Å². The molecule has 1 saturated heterocycles. The smallest absolute Gasteiger partial charge is 0.237 e. The highest BCUT2D eigenvalue weighted by molar-refractivity contribution is 5.85. The zero-order chi connectivity index (χ0) is 16.9. The molecule has 140 valence electrons. The van der Waals surface area contributed by atoms with Crippen LogP contribution >= 0.6 is 12.4 Å². The van der Waals surface area contributed by atoms with Crippen LogP contribution < -0.4 is 0 Å². The third-order valence-corrected chi connectivity index (χ3v) is 5.40. The molecule has 2 aliphatic rings. The fourth-order valence-corrected chi connectivity index (χ4v) is 4.04. The van der Waals surface area contributed by atoms with Crippen LogP contribution in [0.15, 0.2) is 18.2 Å². The van der Waals surface area contributed by atoms with Crippen LogP contribution in [0, 0.1) is 5.82 Å². The van der Waals surface area contributed by atoms with Gasteiger partial charge in [0.2, 0.25) is 5.91 Å². The monoisotopic (exact) mass is 368 g/mol. The van der Waals surface area contributed by atoms with E-state index in [1.54, 1.807) is 6.07 Å². The van der Waals surface area contributed by atoms with Gasteiger partial charge >= 0.3 is 0 Å². The van der Waals surface area contributed by atoms with Crippen LogP contribution in [0.3, 0.4) is 0 Å². The molecule has 1 atom stereocenters. The molecule has 1 aromatic carbocycles. The number of carbonyl (C=O) groups is 1. The molecular weight excluding hydrogens is 339 g/mol. The van der Waals surface area contributed by atoms with Crippen molar-refractivity contribution in [3.8, 4) is 0 Å². The van der Waals surface area contributed by atoms with Gasteiger partial charge in [-0.1, -0.05) is 45.1 Å². The van der Waals surface area contributed by atoms with Gasteiger partial charge in [-0.25, -0.2) is 4.39 Å². The average molecular weight is 369 g/mol. The molecule has 0 bridgehead atoms. The topological polar surface area (TPSA) is 23.6 Å². The SMILES string of the molecule is CCCCCCCCN1CC(=O)N2CCc3ccc(F)cc3C2C1.Cl. The molecule has 3 rings (SSSR count). The number of halogens is 2. The van der Waals surface area contributed by atoms with Gasteiger partial charge in [-0.05, 0) is 42.6 Å². The lowest BCUT2D eigenvalue weighted by Gasteiger charge is -2.44. The van der Waals surface area contributed by atoms with Crippen LogP contribution in [0.2, 0.25) is 0 Å². The lowest BCUT2D eigenvalue weighted by molar-refractivity contribution is -0.140. The first-order chi connectivity index (χ1) is 11.7. The van der Waals surface area contributed by atoms with E-state index < -0.39 is 0 Å². The highest BCUT2D eigenvalue weighted by Gasteiger charge is 2.36. The molecule has 0 aliphatic carbocycles. The van der Waals surface area contributed by atoms with Crippen molar-refractivity contribution in [1.29, 1.82) is 0 Å². The maximum absolute atomic E-state index is 13.7. The van der Waals surface area contributed by atoms with E-state index >= 15 is 0 Å². The molecule has 1 amide bonds. The van der Waals surface area contributed by atoms with E-state index in [1.165, 1.54) is 43.7 Å². The minimum Gasteiger partial charge on any atom is -0.333 e. The largest absolute Gasteiger partial charge is 0.333 e. The van der Waals surface area contributed by atoms with Gasteiger partial charge < -0.3 is 4.90 Å². The Kier molecular flexibility index (Phi) is 7.70. The standard InChI is InChI=1S/C20H29FN2O.ClH/c1-2-3-4-5-6-7-11-22-14-19-18-13-17(21)9-8-16(18)10-12-23(19)20(24)15-22;/h8-9,13,19H,2-7,10-12,14-15H2,1H3;1H. The molecule has 3 nitrogen and oxygen atoms in total. The molecular formula is C20H30ClFN2O. The van der Waals surface area contributed by atoms with Crippen molar-refractivity contribution in [3.63, 3.8) is 0 Å². The molecule has 5 heteroatoms. The quantitative estimate of drug-likeness (QED) is 0.668. The maximum atomic E-state index is 13.7. The first kappa shape index (κ1) is 20.2. The summed E-state index contributed by atoms with van der Waals surface area (Å²) in [5.41, 5.74) is 2.22. The Hall–Kier alpha value is -1.13. The highest BCUT2D eigenvalue weighted by atomic mass is 35.5. The summed E-state index contributed by atoms with van der Waals surface area (Å²) in [6.07, 6.45) is 8.44. The Labute approximate surface area is 157 Å². The molecule has 0 N–H and O–H groups in total. The molecule has 1 aromatic rings. The lowest BCUT2D eigenvalue weighted by Crippen LogP contribution is -2.54. The number of hydrogen-bond acceptors (Lipinski definition) is 2. The predicted octanol–water partition coefficient (Wildman–Crippen LogP) is 4.35. The van der Waals surface area contributed by atoms with Gasteiger partial charge in [-0.2, -0.15) is 0 Å². The van der Waals surface area contributed by atoms with Gasteiger partial charge in [0.1, 0.15) is 5.82 Å². The summed E-state index contributed by atoms with van der Waals surface area (Å²) >= 11 is 0. The number of carbonyl (C=O) groups excluding carboxylic acids is 1. The Balaban J connectivity index is 0.00000225. The van der Waals surface area contributed by atoms with Crippen molar-refractivity contribution in [1.82, 2.24) is 9.80 Å². The summed E-state index contributed by atoms with van der Waals surface area (Å²) in [5.74, 6) is 0.00300. The van der Waals surface area contributed by atoms with Gasteiger partial charge in [0, 0.05) is 13.1 Å². The van der Waals surface area contributed by atoms with Crippen LogP contribution in [-0.4, -0.2) is 41.9 Å². The van der Waals surface area contributed by atoms with E-state index in [0.29, 0.717) is 6.54 Å². The van der Waals surface area contributed by atoms with Crippen molar-refractivity contribution in [2.45, 2.75) is 57.9 Å². The first-order valence-electron chi connectivity index (χ1n) is 9.49. The first-order valence-corrected chi connectivity index (χ1v) is 9.49. The number of unbranched alkanes of at least 4 members (excludes halogenated alkanes) is 5. The number of piperazine rings is 1. The van der Waals surface area contributed by atoms with Crippen LogP contribution in [0.5, 0.6) is 0 Å². The zero-order valence-electron chi connectivity index (χ0n) is 15.2. The van der Waals surface area contributed by atoms with Crippen molar-refractivity contribution < 1.29 is 9.18 Å². The zero-order valence-corrected chi connectivity index (χ0v) is 16.0. The minimum absolute atomic E-state index is 0. The van der Waals surface area contributed by atoms with Crippen LogP contribution in [0.4, 0.5) is 4.39 Å². The molecule has 0 spiro atoms. The number of amides is 1. The second-order valence-corrected chi connectivity index (χ2v) is 7.20. The summed E-state index contributed by atoms with van der Waals surface area (Å²) in [5, 5.41) is 0. The number of rotatable bonds is 7. The van der Waals surface area contributed by atoms with Gasteiger partial charge in [-0.15, -0.1) is 12.4 Å². The Morgan fingerprint density at radius 3 is 2.72 bits per heavy atom. The summed E-state index contributed by atoms with van der Waals surface area (Å²) in [7, 11) is 0. The Bertz CT molecular complexity index is 581. The van der Waals surface area contributed by atoms with Crippen molar-refractivity contribution in [2.24, 2.45) is 0 Å². The Morgan fingerprint density at radius 2 is 1.92 bits per heavy atom.